The Labute approximate surface area is 247 Å². The van der Waals surface area contributed by atoms with Gasteiger partial charge >= 0.3 is 0 Å². The Morgan fingerprint density at radius 1 is 0.707 bits per heavy atom. The predicted octanol–water partition coefficient (Wildman–Crippen LogP) is 8.47. The van der Waals surface area contributed by atoms with Gasteiger partial charge in [0.25, 0.3) is 0 Å². The van der Waals surface area contributed by atoms with Crippen LogP contribution in [0.15, 0.2) is 103 Å². The highest BCUT2D eigenvalue weighted by Gasteiger charge is 2.20. The van der Waals surface area contributed by atoms with Crippen molar-refractivity contribution in [2.45, 2.75) is 38.0 Å². The van der Waals surface area contributed by atoms with Crippen LogP contribution >= 0.6 is 0 Å². The van der Waals surface area contributed by atoms with E-state index in [1.807, 2.05) is 7.05 Å². The lowest BCUT2D eigenvalue weighted by Gasteiger charge is -2.20. The molecule has 210 valence electrons. The monoisotopic (exact) mass is 540 g/mol. The SMILES string of the molecule is CN(C)CCC=C1c2ccccc2CCc2ccccc21.CNCCCC1c2ccccc2C=Cc2ccccc21. The summed E-state index contributed by atoms with van der Waals surface area (Å²) < 4.78 is 0. The molecule has 0 amide bonds. The highest BCUT2D eigenvalue weighted by Crippen LogP contribution is 2.37. The molecule has 41 heavy (non-hydrogen) atoms. The van der Waals surface area contributed by atoms with Gasteiger partial charge < -0.3 is 10.2 Å². The second-order valence-corrected chi connectivity index (χ2v) is 11.4. The number of hydrogen-bond acceptors (Lipinski definition) is 2. The summed E-state index contributed by atoms with van der Waals surface area (Å²) in [6.07, 6.45) is 12.7. The molecule has 0 unspecified atom stereocenters. The molecule has 0 saturated heterocycles. The maximum atomic E-state index is 3.26. The van der Waals surface area contributed by atoms with Gasteiger partial charge in [0.05, 0.1) is 0 Å². The molecule has 6 rings (SSSR count). The van der Waals surface area contributed by atoms with Crippen molar-refractivity contribution in [2.75, 3.05) is 34.2 Å². The maximum absolute atomic E-state index is 3.26. The van der Waals surface area contributed by atoms with Crippen LogP contribution in [-0.4, -0.2) is 39.1 Å². The quantitative estimate of drug-likeness (QED) is 0.237. The number of fused-ring (bicyclic) bond motifs is 4. The molecule has 0 heterocycles. The summed E-state index contributed by atoms with van der Waals surface area (Å²) in [6.45, 7) is 2.17. The van der Waals surface area contributed by atoms with Crippen molar-refractivity contribution in [1.29, 1.82) is 0 Å². The van der Waals surface area contributed by atoms with E-state index in [1.54, 1.807) is 0 Å². The largest absolute Gasteiger partial charge is 0.320 e. The molecule has 2 aliphatic carbocycles. The third kappa shape index (κ3) is 7.14. The Morgan fingerprint density at radius 2 is 1.22 bits per heavy atom. The first-order chi connectivity index (χ1) is 20.2. The molecule has 1 N–H and O–H groups in total. The minimum Gasteiger partial charge on any atom is -0.320 e. The first-order valence-electron chi connectivity index (χ1n) is 15.2. The summed E-state index contributed by atoms with van der Waals surface area (Å²) in [5.41, 5.74) is 12.9. The molecule has 2 nitrogen and oxygen atoms in total. The molecule has 2 aliphatic rings. The van der Waals surface area contributed by atoms with E-state index in [9.17, 15) is 0 Å². The number of nitrogens with one attached hydrogen (secondary N) is 1. The smallest absolute Gasteiger partial charge is 0.0102 e. The van der Waals surface area contributed by atoms with Crippen LogP contribution in [0.3, 0.4) is 0 Å². The zero-order chi connectivity index (χ0) is 28.4. The van der Waals surface area contributed by atoms with Gasteiger partial charge in [-0.2, -0.15) is 0 Å². The zero-order valence-electron chi connectivity index (χ0n) is 24.9. The third-order valence-corrected chi connectivity index (χ3v) is 8.31. The van der Waals surface area contributed by atoms with Crippen molar-refractivity contribution in [3.05, 3.63) is 148 Å². The van der Waals surface area contributed by atoms with Gasteiger partial charge in [0.1, 0.15) is 0 Å². The van der Waals surface area contributed by atoms with Crippen LogP contribution < -0.4 is 5.32 Å². The summed E-state index contributed by atoms with van der Waals surface area (Å²) in [7, 11) is 6.29. The fourth-order valence-electron chi connectivity index (χ4n) is 6.20. The molecule has 0 fully saturated rings. The van der Waals surface area contributed by atoms with Gasteiger partial charge in [-0.25, -0.2) is 0 Å². The van der Waals surface area contributed by atoms with E-state index >= 15 is 0 Å². The predicted molar refractivity (Wildman–Crippen MR) is 177 cm³/mol. The van der Waals surface area contributed by atoms with E-state index in [0.29, 0.717) is 5.92 Å². The summed E-state index contributed by atoms with van der Waals surface area (Å²) in [5, 5.41) is 3.26. The zero-order valence-corrected chi connectivity index (χ0v) is 24.9. The number of aryl methyl sites for hydroxylation is 2. The lowest BCUT2D eigenvalue weighted by Crippen LogP contribution is -2.12. The summed E-state index contributed by atoms with van der Waals surface area (Å²) in [6, 6.07) is 35.3. The average Bonchev–Trinajstić information content (AvgIpc) is 3.26. The second kappa shape index (κ2) is 14.3. The van der Waals surface area contributed by atoms with Gasteiger partial charge in [0, 0.05) is 12.5 Å². The van der Waals surface area contributed by atoms with Crippen LogP contribution in [0.25, 0.3) is 17.7 Å². The van der Waals surface area contributed by atoms with Gasteiger partial charge in [-0.1, -0.05) is 115 Å². The van der Waals surface area contributed by atoms with Crippen LogP contribution in [0.2, 0.25) is 0 Å². The van der Waals surface area contributed by atoms with Crippen molar-refractivity contribution in [3.8, 4) is 0 Å². The number of benzene rings is 4. The first kappa shape index (κ1) is 28.8. The van der Waals surface area contributed by atoms with Crippen molar-refractivity contribution >= 4 is 17.7 Å². The third-order valence-electron chi connectivity index (χ3n) is 8.31. The van der Waals surface area contributed by atoms with Gasteiger partial charge in [-0.05, 0) is 110 Å². The molecule has 0 atom stereocenters. The van der Waals surface area contributed by atoms with Crippen molar-refractivity contribution in [3.63, 3.8) is 0 Å². The molecule has 0 aliphatic heterocycles. The van der Waals surface area contributed by atoms with Gasteiger partial charge in [0.15, 0.2) is 0 Å². The Morgan fingerprint density at radius 3 is 1.76 bits per heavy atom. The molecule has 0 spiro atoms. The lowest BCUT2D eigenvalue weighted by atomic mass is 9.84. The number of nitrogens with zero attached hydrogens (tertiary/aromatic N) is 1. The average molecular weight is 541 g/mol. The van der Waals surface area contributed by atoms with E-state index in [1.165, 1.54) is 62.9 Å². The normalized spacial score (nSPS) is 13.6. The van der Waals surface area contributed by atoms with Crippen LogP contribution in [-0.2, 0) is 12.8 Å². The number of hydrogen-bond donors (Lipinski definition) is 1. The molecular weight excluding hydrogens is 496 g/mol. The molecular formula is C39H44N2. The Bertz CT molecular complexity index is 1390. The molecule has 0 saturated carbocycles. The summed E-state index contributed by atoms with van der Waals surface area (Å²) in [4.78, 5) is 2.24. The van der Waals surface area contributed by atoms with Gasteiger partial charge in [-0.3, -0.25) is 0 Å². The minimum absolute atomic E-state index is 0.505. The van der Waals surface area contributed by atoms with E-state index in [2.05, 4.69) is 140 Å². The minimum atomic E-state index is 0.505. The Hall–Kier alpha value is -3.72. The fraction of sp³-hybridized carbons (Fsp3) is 0.282. The van der Waals surface area contributed by atoms with Crippen molar-refractivity contribution in [1.82, 2.24) is 10.2 Å². The Balaban J connectivity index is 0.000000165. The van der Waals surface area contributed by atoms with Crippen LogP contribution in [0.1, 0.15) is 69.7 Å². The molecule has 4 aromatic rings. The van der Waals surface area contributed by atoms with E-state index < -0.39 is 0 Å². The first-order valence-corrected chi connectivity index (χ1v) is 15.2. The Kier molecular flexibility index (Phi) is 10.0. The van der Waals surface area contributed by atoms with Crippen LogP contribution in [0, 0.1) is 0 Å². The topological polar surface area (TPSA) is 15.3 Å². The van der Waals surface area contributed by atoms with E-state index in [4.69, 9.17) is 0 Å². The molecule has 0 aromatic heterocycles. The fourth-order valence-corrected chi connectivity index (χ4v) is 6.20. The highest BCUT2D eigenvalue weighted by molar-refractivity contribution is 5.84. The second-order valence-electron chi connectivity index (χ2n) is 11.4. The number of rotatable bonds is 7. The van der Waals surface area contributed by atoms with Crippen LogP contribution in [0.5, 0.6) is 0 Å². The van der Waals surface area contributed by atoms with Gasteiger partial charge in [-0.15, -0.1) is 0 Å². The van der Waals surface area contributed by atoms with Crippen LogP contribution in [0.4, 0.5) is 0 Å². The van der Waals surface area contributed by atoms with Gasteiger partial charge in [0.2, 0.25) is 0 Å². The molecule has 0 bridgehead atoms. The van der Waals surface area contributed by atoms with E-state index in [-0.39, 0.29) is 0 Å². The van der Waals surface area contributed by atoms with Crippen molar-refractivity contribution in [2.24, 2.45) is 0 Å². The summed E-state index contributed by atoms with van der Waals surface area (Å²) >= 11 is 0. The van der Waals surface area contributed by atoms with Crippen molar-refractivity contribution < 1.29 is 0 Å². The highest BCUT2D eigenvalue weighted by atomic mass is 15.0. The molecule has 4 aromatic carbocycles. The lowest BCUT2D eigenvalue weighted by molar-refractivity contribution is 0.417. The summed E-state index contributed by atoms with van der Waals surface area (Å²) in [5.74, 6) is 0.505. The molecule has 2 heteroatoms. The maximum Gasteiger partial charge on any atom is 0.0102 e. The standard InChI is InChI=1S/C20H23N.C19H21N/c1-21(2)15-7-12-20-18-10-5-3-8-16(18)13-14-17-9-4-6-11-19(17)20;1-20-14-6-11-19-17-9-4-2-7-15(17)12-13-16-8-3-5-10-18(16)19/h3-6,8-12H,7,13-15H2,1-2H3;2-5,7-10,12-13,19-20H,6,11,14H2,1H3. The van der Waals surface area contributed by atoms with E-state index in [0.717, 1.165) is 32.4 Å². The molecule has 0 radical (unpaired) electrons.